The summed E-state index contributed by atoms with van der Waals surface area (Å²) in [6.45, 7) is 2.66. The largest absolute Gasteiger partial charge is 0.442 e. The highest BCUT2D eigenvalue weighted by molar-refractivity contribution is 5.94. The van der Waals surface area contributed by atoms with Crippen molar-refractivity contribution < 1.29 is 14.3 Å². The zero-order valence-corrected chi connectivity index (χ0v) is 12.9. The van der Waals surface area contributed by atoms with Crippen molar-refractivity contribution in [2.75, 3.05) is 18.0 Å². The molecule has 0 bridgehead atoms. The molecule has 1 aliphatic rings. The summed E-state index contributed by atoms with van der Waals surface area (Å²) in [5.74, 6) is -0.164. The van der Waals surface area contributed by atoms with Crippen LogP contribution < -0.4 is 10.2 Å². The quantitative estimate of drug-likeness (QED) is 0.944. The van der Waals surface area contributed by atoms with Gasteiger partial charge in [0.15, 0.2) is 0 Å². The number of nitrogens with one attached hydrogen (secondary N) is 1. The van der Waals surface area contributed by atoms with E-state index >= 15 is 0 Å². The van der Waals surface area contributed by atoms with E-state index in [1.165, 1.54) is 0 Å². The van der Waals surface area contributed by atoms with Crippen LogP contribution in [0.15, 0.2) is 54.6 Å². The summed E-state index contributed by atoms with van der Waals surface area (Å²) < 4.78 is 5.31. The molecular formula is C18H18N2O3. The molecular weight excluding hydrogens is 292 g/mol. The van der Waals surface area contributed by atoms with Crippen LogP contribution in [-0.2, 0) is 4.74 Å². The van der Waals surface area contributed by atoms with Gasteiger partial charge in [0.05, 0.1) is 13.1 Å². The molecule has 0 saturated carbocycles. The average Bonchev–Trinajstić information content (AvgIpc) is 2.94. The number of cyclic esters (lactones) is 1. The van der Waals surface area contributed by atoms with E-state index in [0.29, 0.717) is 18.7 Å². The Kier molecular flexibility index (Phi) is 4.28. The fraction of sp³-hybridized carbons (Fsp3) is 0.222. The summed E-state index contributed by atoms with van der Waals surface area (Å²) in [5.41, 5.74) is 2.43. The Balaban J connectivity index is 1.58. The summed E-state index contributed by atoms with van der Waals surface area (Å²) in [5, 5.41) is 2.82. The molecule has 1 unspecified atom stereocenters. The Bertz CT molecular complexity index is 715. The monoisotopic (exact) mass is 310 g/mol. The SMILES string of the molecule is Cc1cccc(C(=O)NCC2CN(c3ccccc3)C(=O)O2)c1. The van der Waals surface area contributed by atoms with Gasteiger partial charge in [-0.3, -0.25) is 9.69 Å². The summed E-state index contributed by atoms with van der Waals surface area (Å²) in [6.07, 6.45) is -0.734. The van der Waals surface area contributed by atoms with E-state index < -0.39 is 0 Å². The molecule has 3 rings (SSSR count). The van der Waals surface area contributed by atoms with E-state index in [1.807, 2.05) is 55.5 Å². The minimum Gasteiger partial charge on any atom is -0.442 e. The summed E-state index contributed by atoms with van der Waals surface area (Å²) >= 11 is 0. The van der Waals surface area contributed by atoms with Crippen molar-refractivity contribution >= 4 is 17.7 Å². The van der Waals surface area contributed by atoms with E-state index in [-0.39, 0.29) is 18.1 Å². The molecule has 118 valence electrons. The van der Waals surface area contributed by atoms with Crippen LogP contribution in [-0.4, -0.2) is 31.2 Å². The molecule has 2 amide bonds. The van der Waals surface area contributed by atoms with Gasteiger partial charge in [-0.1, -0.05) is 35.9 Å². The first kappa shape index (κ1) is 15.1. The first-order valence-electron chi connectivity index (χ1n) is 7.51. The van der Waals surface area contributed by atoms with Gasteiger partial charge in [-0.05, 0) is 31.2 Å². The average molecular weight is 310 g/mol. The number of anilines is 1. The summed E-state index contributed by atoms with van der Waals surface area (Å²) in [7, 11) is 0. The number of para-hydroxylation sites is 1. The van der Waals surface area contributed by atoms with Gasteiger partial charge in [-0.25, -0.2) is 4.79 Å². The number of carbonyl (C=O) groups excluding carboxylic acids is 2. The van der Waals surface area contributed by atoms with Crippen molar-refractivity contribution in [3.8, 4) is 0 Å². The summed E-state index contributed by atoms with van der Waals surface area (Å²) in [4.78, 5) is 25.6. The Hall–Kier alpha value is -2.82. The minimum atomic E-state index is -0.383. The lowest BCUT2D eigenvalue weighted by atomic mass is 10.1. The molecule has 2 aromatic carbocycles. The van der Waals surface area contributed by atoms with Gasteiger partial charge < -0.3 is 10.1 Å². The molecule has 1 aliphatic heterocycles. The first-order chi connectivity index (χ1) is 11.1. The maximum Gasteiger partial charge on any atom is 0.414 e. The van der Waals surface area contributed by atoms with E-state index in [0.717, 1.165) is 11.3 Å². The molecule has 23 heavy (non-hydrogen) atoms. The highest BCUT2D eigenvalue weighted by atomic mass is 16.6. The zero-order valence-electron chi connectivity index (χ0n) is 12.9. The molecule has 1 atom stereocenters. The van der Waals surface area contributed by atoms with Gasteiger partial charge in [0, 0.05) is 11.3 Å². The maximum absolute atomic E-state index is 12.1. The number of amides is 2. The molecule has 5 heteroatoms. The smallest absolute Gasteiger partial charge is 0.414 e. The standard InChI is InChI=1S/C18H18N2O3/c1-13-6-5-7-14(10-13)17(21)19-11-16-12-20(18(22)23-16)15-8-3-2-4-9-15/h2-10,16H,11-12H2,1H3,(H,19,21). The zero-order chi connectivity index (χ0) is 16.2. The van der Waals surface area contributed by atoms with E-state index in [2.05, 4.69) is 5.32 Å². The fourth-order valence-electron chi connectivity index (χ4n) is 2.54. The van der Waals surface area contributed by atoms with Crippen LogP contribution in [0, 0.1) is 6.92 Å². The van der Waals surface area contributed by atoms with Crippen LogP contribution in [0.25, 0.3) is 0 Å². The predicted molar refractivity (Wildman–Crippen MR) is 87.6 cm³/mol. The third-order valence-electron chi connectivity index (χ3n) is 3.71. The minimum absolute atomic E-state index is 0.164. The fourth-order valence-corrected chi connectivity index (χ4v) is 2.54. The second-order valence-corrected chi connectivity index (χ2v) is 5.53. The van der Waals surface area contributed by atoms with E-state index in [1.54, 1.807) is 11.0 Å². The van der Waals surface area contributed by atoms with Gasteiger partial charge in [0.25, 0.3) is 5.91 Å². The highest BCUT2D eigenvalue weighted by Gasteiger charge is 2.32. The van der Waals surface area contributed by atoms with Crippen molar-refractivity contribution in [3.05, 3.63) is 65.7 Å². The van der Waals surface area contributed by atoms with Gasteiger partial charge in [0.1, 0.15) is 6.10 Å². The lowest BCUT2D eigenvalue weighted by Gasteiger charge is -2.12. The molecule has 1 saturated heterocycles. The number of aryl methyl sites for hydroxylation is 1. The first-order valence-corrected chi connectivity index (χ1v) is 7.51. The third kappa shape index (κ3) is 3.51. The van der Waals surface area contributed by atoms with Crippen molar-refractivity contribution in [2.45, 2.75) is 13.0 Å². The molecule has 0 radical (unpaired) electrons. The molecule has 0 aliphatic carbocycles. The van der Waals surface area contributed by atoms with Gasteiger partial charge in [-0.2, -0.15) is 0 Å². The molecule has 1 N–H and O–H groups in total. The molecule has 0 spiro atoms. The number of nitrogens with zero attached hydrogens (tertiary/aromatic N) is 1. The van der Waals surface area contributed by atoms with Crippen molar-refractivity contribution in [2.24, 2.45) is 0 Å². The van der Waals surface area contributed by atoms with Crippen LogP contribution in [0.4, 0.5) is 10.5 Å². The highest BCUT2D eigenvalue weighted by Crippen LogP contribution is 2.20. The van der Waals surface area contributed by atoms with Crippen LogP contribution in [0.2, 0.25) is 0 Å². The van der Waals surface area contributed by atoms with Crippen molar-refractivity contribution in [1.29, 1.82) is 0 Å². The lowest BCUT2D eigenvalue weighted by Crippen LogP contribution is -2.34. The number of hydrogen-bond donors (Lipinski definition) is 1. The van der Waals surface area contributed by atoms with Crippen LogP contribution in [0.5, 0.6) is 0 Å². The van der Waals surface area contributed by atoms with Crippen molar-refractivity contribution in [1.82, 2.24) is 5.32 Å². The lowest BCUT2D eigenvalue weighted by molar-refractivity contribution is 0.0916. The summed E-state index contributed by atoms with van der Waals surface area (Å²) in [6, 6.07) is 16.7. The second kappa shape index (κ2) is 6.52. The third-order valence-corrected chi connectivity index (χ3v) is 3.71. The number of ether oxygens (including phenoxy) is 1. The van der Waals surface area contributed by atoms with Crippen molar-refractivity contribution in [3.63, 3.8) is 0 Å². The van der Waals surface area contributed by atoms with Crippen LogP contribution in [0.1, 0.15) is 15.9 Å². The number of hydrogen-bond acceptors (Lipinski definition) is 3. The Labute approximate surface area is 134 Å². The second-order valence-electron chi connectivity index (χ2n) is 5.53. The molecule has 0 aromatic heterocycles. The van der Waals surface area contributed by atoms with Gasteiger partial charge in [-0.15, -0.1) is 0 Å². The Morgan fingerprint density at radius 3 is 2.74 bits per heavy atom. The van der Waals surface area contributed by atoms with Gasteiger partial charge in [0.2, 0.25) is 0 Å². The predicted octanol–water partition coefficient (Wildman–Crippen LogP) is 2.75. The van der Waals surface area contributed by atoms with Crippen LogP contribution >= 0.6 is 0 Å². The van der Waals surface area contributed by atoms with Crippen LogP contribution in [0.3, 0.4) is 0 Å². The number of benzene rings is 2. The molecule has 1 fully saturated rings. The molecule has 2 aromatic rings. The van der Waals surface area contributed by atoms with E-state index in [4.69, 9.17) is 4.74 Å². The molecule has 1 heterocycles. The topological polar surface area (TPSA) is 58.6 Å². The number of rotatable bonds is 4. The van der Waals surface area contributed by atoms with E-state index in [9.17, 15) is 9.59 Å². The Morgan fingerprint density at radius 2 is 2.00 bits per heavy atom. The van der Waals surface area contributed by atoms with Gasteiger partial charge >= 0.3 is 6.09 Å². The maximum atomic E-state index is 12.1. The Morgan fingerprint density at radius 1 is 1.22 bits per heavy atom. The normalized spacial score (nSPS) is 17.0. The number of carbonyl (C=O) groups is 2. The molecule has 5 nitrogen and oxygen atoms in total.